The maximum Gasteiger partial charge on any atom is 0.307 e. The lowest BCUT2D eigenvalue weighted by Gasteiger charge is -2.08. The van der Waals surface area contributed by atoms with Gasteiger partial charge in [-0.25, -0.2) is 14.6 Å². The summed E-state index contributed by atoms with van der Waals surface area (Å²) in [6.45, 7) is 5.26. The maximum atomic E-state index is 11.0. The van der Waals surface area contributed by atoms with E-state index >= 15 is 0 Å². The number of ether oxygens (including phenoxy) is 1. The fraction of sp³-hybridized carbons (Fsp3) is 0.333. The fourth-order valence-electron chi connectivity index (χ4n) is 3.14. The number of carbonyl (C=O) groups is 1. The number of aromatic nitrogens is 5. The van der Waals surface area contributed by atoms with E-state index in [0.29, 0.717) is 30.3 Å². The van der Waals surface area contributed by atoms with Crippen molar-refractivity contribution in [2.75, 3.05) is 6.61 Å². The second-order valence-electron chi connectivity index (χ2n) is 6.51. The number of carboxylic acids is 1. The average molecular weight is 353 g/mol. The first-order valence-electron chi connectivity index (χ1n) is 8.48. The number of aliphatic carboxylic acids is 1. The number of benzene rings is 1. The van der Waals surface area contributed by atoms with Gasteiger partial charge >= 0.3 is 5.97 Å². The number of rotatable bonds is 4. The Morgan fingerprint density at radius 1 is 1.35 bits per heavy atom. The van der Waals surface area contributed by atoms with Gasteiger partial charge in [0.05, 0.1) is 18.5 Å². The fourth-order valence-corrected chi connectivity index (χ4v) is 3.14. The van der Waals surface area contributed by atoms with Crippen LogP contribution in [0, 0.1) is 0 Å². The molecule has 0 saturated carbocycles. The molecule has 2 aromatic heterocycles. The van der Waals surface area contributed by atoms with Gasteiger partial charge in [0.1, 0.15) is 30.2 Å². The summed E-state index contributed by atoms with van der Waals surface area (Å²) in [7, 11) is 0. The molecular formula is C18H19N5O3. The molecule has 0 fully saturated rings. The Morgan fingerprint density at radius 3 is 2.96 bits per heavy atom. The van der Waals surface area contributed by atoms with Gasteiger partial charge in [-0.05, 0) is 31.5 Å². The van der Waals surface area contributed by atoms with Crippen molar-refractivity contribution in [2.45, 2.75) is 32.9 Å². The molecule has 1 aromatic carbocycles. The van der Waals surface area contributed by atoms with E-state index in [-0.39, 0.29) is 12.5 Å². The molecule has 0 saturated heterocycles. The lowest BCUT2D eigenvalue weighted by molar-refractivity contribution is -0.136. The molecular weight excluding hydrogens is 334 g/mol. The van der Waals surface area contributed by atoms with Crippen LogP contribution in [0.25, 0.3) is 22.9 Å². The lowest BCUT2D eigenvalue weighted by Crippen LogP contribution is -2.06. The molecule has 0 radical (unpaired) electrons. The highest BCUT2D eigenvalue weighted by atomic mass is 16.5. The predicted octanol–water partition coefficient (Wildman–Crippen LogP) is 2.41. The van der Waals surface area contributed by atoms with Crippen molar-refractivity contribution in [1.29, 1.82) is 0 Å². The van der Waals surface area contributed by atoms with Crippen LogP contribution >= 0.6 is 0 Å². The number of carboxylic acid groups (broad SMARTS) is 1. The zero-order valence-electron chi connectivity index (χ0n) is 14.6. The van der Waals surface area contributed by atoms with E-state index in [1.54, 1.807) is 6.07 Å². The third kappa shape index (κ3) is 2.83. The summed E-state index contributed by atoms with van der Waals surface area (Å²) in [6.07, 6.45) is 3.44. The van der Waals surface area contributed by atoms with Crippen molar-refractivity contribution < 1.29 is 14.6 Å². The Labute approximate surface area is 150 Å². The molecule has 0 bridgehead atoms. The molecule has 26 heavy (non-hydrogen) atoms. The Hall–Kier alpha value is -3.16. The summed E-state index contributed by atoms with van der Waals surface area (Å²) in [5, 5.41) is 13.3. The minimum atomic E-state index is -0.867. The molecule has 0 amide bonds. The van der Waals surface area contributed by atoms with Gasteiger partial charge in [-0.3, -0.25) is 4.79 Å². The zero-order chi connectivity index (χ0) is 18.3. The normalized spacial score (nSPS) is 13.0. The van der Waals surface area contributed by atoms with E-state index in [2.05, 4.69) is 10.1 Å². The molecule has 8 heteroatoms. The minimum absolute atomic E-state index is 0.0392. The highest BCUT2D eigenvalue weighted by Gasteiger charge is 2.22. The Bertz CT molecular complexity index is 973. The van der Waals surface area contributed by atoms with Gasteiger partial charge < -0.3 is 14.4 Å². The summed E-state index contributed by atoms with van der Waals surface area (Å²) in [5.74, 6) is 1.30. The predicted molar refractivity (Wildman–Crippen MR) is 93.9 cm³/mol. The topological polar surface area (TPSA) is 95.1 Å². The number of nitrogens with zero attached hydrogens (tertiary/aromatic N) is 5. The van der Waals surface area contributed by atoms with Crippen molar-refractivity contribution >= 4 is 5.97 Å². The SMILES string of the molecule is CC(C)n1ncnc1-c1cn2c(n1)-c1cc(CC(=O)O)ccc1OCC2. The highest BCUT2D eigenvalue weighted by molar-refractivity contribution is 5.74. The van der Waals surface area contributed by atoms with Crippen molar-refractivity contribution in [3.8, 4) is 28.7 Å². The van der Waals surface area contributed by atoms with Gasteiger partial charge in [0.15, 0.2) is 5.82 Å². The van der Waals surface area contributed by atoms with Crippen LogP contribution in [-0.4, -0.2) is 42.0 Å². The summed E-state index contributed by atoms with van der Waals surface area (Å²) in [4.78, 5) is 20.2. The smallest absolute Gasteiger partial charge is 0.307 e. The second kappa shape index (κ2) is 6.29. The first kappa shape index (κ1) is 16.3. The molecule has 1 aliphatic rings. The van der Waals surface area contributed by atoms with Gasteiger partial charge in [0.2, 0.25) is 0 Å². The zero-order valence-corrected chi connectivity index (χ0v) is 14.6. The van der Waals surface area contributed by atoms with Gasteiger partial charge in [-0.15, -0.1) is 0 Å². The lowest BCUT2D eigenvalue weighted by atomic mass is 10.1. The molecule has 1 aliphatic heterocycles. The number of imidazole rings is 1. The molecule has 0 atom stereocenters. The van der Waals surface area contributed by atoms with E-state index in [0.717, 1.165) is 17.1 Å². The van der Waals surface area contributed by atoms with Crippen molar-refractivity contribution in [3.05, 3.63) is 36.3 Å². The van der Waals surface area contributed by atoms with Crippen LogP contribution in [0.15, 0.2) is 30.7 Å². The average Bonchev–Trinajstić information content (AvgIpc) is 3.19. The molecule has 134 valence electrons. The van der Waals surface area contributed by atoms with Crippen LogP contribution in [0.1, 0.15) is 25.5 Å². The summed E-state index contributed by atoms with van der Waals surface area (Å²) in [5.41, 5.74) is 2.24. The maximum absolute atomic E-state index is 11.0. The van der Waals surface area contributed by atoms with Gasteiger partial charge in [-0.2, -0.15) is 5.10 Å². The van der Waals surface area contributed by atoms with Crippen LogP contribution in [0.5, 0.6) is 5.75 Å². The van der Waals surface area contributed by atoms with Gasteiger partial charge in [-0.1, -0.05) is 6.07 Å². The van der Waals surface area contributed by atoms with Gasteiger partial charge in [0, 0.05) is 12.2 Å². The summed E-state index contributed by atoms with van der Waals surface area (Å²) < 4.78 is 9.65. The Morgan fingerprint density at radius 2 is 2.19 bits per heavy atom. The van der Waals surface area contributed by atoms with E-state index < -0.39 is 5.97 Å². The van der Waals surface area contributed by atoms with Crippen LogP contribution < -0.4 is 4.74 Å². The number of hydrogen-bond donors (Lipinski definition) is 1. The van der Waals surface area contributed by atoms with Crippen molar-refractivity contribution in [2.24, 2.45) is 0 Å². The van der Waals surface area contributed by atoms with Crippen LogP contribution in [-0.2, 0) is 17.8 Å². The standard InChI is InChI=1S/C18H19N5O3/c1-11(2)23-18(19-10-20-23)14-9-22-5-6-26-15-4-3-12(8-16(24)25)7-13(15)17(22)21-14/h3-4,7,9-11H,5-6,8H2,1-2H3,(H,24,25). The first-order valence-corrected chi connectivity index (χ1v) is 8.48. The van der Waals surface area contributed by atoms with E-state index in [9.17, 15) is 4.79 Å². The second-order valence-corrected chi connectivity index (χ2v) is 6.51. The molecule has 4 rings (SSSR count). The Balaban J connectivity index is 1.82. The third-order valence-corrected chi connectivity index (χ3v) is 4.30. The molecule has 3 aromatic rings. The van der Waals surface area contributed by atoms with Crippen LogP contribution in [0.2, 0.25) is 0 Å². The highest BCUT2D eigenvalue weighted by Crippen LogP contribution is 2.34. The molecule has 3 heterocycles. The molecule has 8 nitrogen and oxygen atoms in total. The monoisotopic (exact) mass is 353 g/mol. The number of fused-ring (bicyclic) bond motifs is 3. The molecule has 0 spiro atoms. The van der Waals surface area contributed by atoms with E-state index in [1.165, 1.54) is 6.33 Å². The summed E-state index contributed by atoms with van der Waals surface area (Å²) >= 11 is 0. The van der Waals surface area contributed by atoms with Crippen molar-refractivity contribution in [3.63, 3.8) is 0 Å². The van der Waals surface area contributed by atoms with Crippen LogP contribution in [0.4, 0.5) is 0 Å². The minimum Gasteiger partial charge on any atom is -0.491 e. The number of hydrogen-bond acceptors (Lipinski definition) is 5. The first-order chi connectivity index (χ1) is 12.5. The quantitative estimate of drug-likeness (QED) is 0.774. The van der Waals surface area contributed by atoms with Crippen molar-refractivity contribution in [1.82, 2.24) is 24.3 Å². The van der Waals surface area contributed by atoms with E-state index in [1.807, 2.05) is 41.4 Å². The molecule has 0 unspecified atom stereocenters. The largest absolute Gasteiger partial charge is 0.491 e. The third-order valence-electron chi connectivity index (χ3n) is 4.30. The van der Waals surface area contributed by atoms with Gasteiger partial charge in [0.25, 0.3) is 0 Å². The Kier molecular flexibility index (Phi) is 3.95. The molecule has 1 N–H and O–H groups in total. The molecule has 0 aliphatic carbocycles. The van der Waals surface area contributed by atoms with E-state index in [4.69, 9.17) is 14.8 Å². The summed E-state index contributed by atoms with van der Waals surface area (Å²) in [6, 6.07) is 5.60. The van der Waals surface area contributed by atoms with Crippen LogP contribution in [0.3, 0.4) is 0 Å².